The maximum Gasteiger partial charge on any atom is 0.328 e. The van der Waals surface area contributed by atoms with Gasteiger partial charge in [0.2, 0.25) is 0 Å². The summed E-state index contributed by atoms with van der Waals surface area (Å²) in [5, 5.41) is 28.1. The second kappa shape index (κ2) is 16.5. The van der Waals surface area contributed by atoms with Gasteiger partial charge in [0.1, 0.15) is 0 Å². The fourth-order valence-corrected chi connectivity index (χ4v) is 2.41. The number of aliphatic hydroxyl groups is 2. The molecule has 0 bridgehead atoms. The number of hydrogen-bond donors (Lipinski definition) is 3. The standard InChI is InChI=1S/C20H34O4/c1-2-3-4-5-6-7-8-9-12-15-18(21)19(22)16-13-10-11-14-17-20(23)24/h10-11,13-14,16-19,21-22H,2-9,12,15H2,1H3,(H,23,24)/b11-10+,16-13+,17-14+. The van der Waals surface area contributed by atoms with Crippen molar-refractivity contribution in [3.05, 3.63) is 36.5 Å². The Kier molecular flexibility index (Phi) is 15.5. The third-order valence-corrected chi connectivity index (χ3v) is 3.88. The second-order valence-electron chi connectivity index (χ2n) is 6.14. The highest BCUT2D eigenvalue weighted by molar-refractivity contribution is 5.80. The van der Waals surface area contributed by atoms with Gasteiger partial charge in [-0.25, -0.2) is 4.79 Å². The number of aliphatic hydroxyl groups excluding tert-OH is 2. The number of carboxylic acids is 1. The fourth-order valence-electron chi connectivity index (χ4n) is 2.41. The lowest BCUT2D eigenvalue weighted by Gasteiger charge is -2.14. The van der Waals surface area contributed by atoms with Crippen LogP contribution < -0.4 is 0 Å². The molecule has 0 heterocycles. The van der Waals surface area contributed by atoms with Crippen molar-refractivity contribution in [2.45, 2.75) is 83.3 Å². The molecule has 0 aromatic carbocycles. The van der Waals surface area contributed by atoms with Crippen molar-refractivity contribution in [2.75, 3.05) is 0 Å². The molecule has 0 fully saturated rings. The van der Waals surface area contributed by atoms with Crippen LogP contribution in [-0.2, 0) is 4.79 Å². The van der Waals surface area contributed by atoms with E-state index in [2.05, 4.69) is 6.92 Å². The summed E-state index contributed by atoms with van der Waals surface area (Å²) in [7, 11) is 0. The first-order valence-corrected chi connectivity index (χ1v) is 9.18. The Morgan fingerprint density at radius 1 is 0.833 bits per heavy atom. The summed E-state index contributed by atoms with van der Waals surface area (Å²) < 4.78 is 0. The van der Waals surface area contributed by atoms with Gasteiger partial charge in [-0.15, -0.1) is 0 Å². The highest BCUT2D eigenvalue weighted by Crippen LogP contribution is 2.12. The molecule has 0 aliphatic rings. The molecule has 0 rings (SSSR count). The van der Waals surface area contributed by atoms with Gasteiger partial charge in [0.25, 0.3) is 0 Å². The maximum absolute atomic E-state index is 10.2. The summed E-state index contributed by atoms with van der Waals surface area (Å²) >= 11 is 0. The Balaban J connectivity index is 3.65. The molecule has 3 N–H and O–H groups in total. The highest BCUT2D eigenvalue weighted by Gasteiger charge is 2.11. The molecule has 138 valence electrons. The van der Waals surface area contributed by atoms with Gasteiger partial charge in [0.15, 0.2) is 0 Å². The minimum Gasteiger partial charge on any atom is -0.478 e. The molecule has 2 atom stereocenters. The van der Waals surface area contributed by atoms with Crippen LogP contribution in [-0.4, -0.2) is 33.5 Å². The smallest absolute Gasteiger partial charge is 0.328 e. The Morgan fingerprint density at radius 3 is 1.96 bits per heavy atom. The summed E-state index contributed by atoms with van der Waals surface area (Å²) in [4.78, 5) is 10.2. The topological polar surface area (TPSA) is 77.8 Å². The van der Waals surface area contributed by atoms with Crippen molar-refractivity contribution in [3.63, 3.8) is 0 Å². The highest BCUT2D eigenvalue weighted by atomic mass is 16.4. The zero-order valence-electron chi connectivity index (χ0n) is 14.9. The molecule has 0 aromatic heterocycles. The van der Waals surface area contributed by atoms with Gasteiger partial charge in [0, 0.05) is 6.08 Å². The van der Waals surface area contributed by atoms with Gasteiger partial charge in [-0.3, -0.25) is 0 Å². The Morgan fingerprint density at radius 2 is 1.38 bits per heavy atom. The van der Waals surface area contributed by atoms with Gasteiger partial charge in [-0.2, -0.15) is 0 Å². The van der Waals surface area contributed by atoms with Crippen LogP contribution in [0.25, 0.3) is 0 Å². The van der Waals surface area contributed by atoms with Crippen molar-refractivity contribution in [3.8, 4) is 0 Å². The number of rotatable bonds is 15. The van der Waals surface area contributed by atoms with Crippen molar-refractivity contribution < 1.29 is 20.1 Å². The number of hydrogen-bond acceptors (Lipinski definition) is 3. The minimum atomic E-state index is -1.000. The average molecular weight is 338 g/mol. The van der Waals surface area contributed by atoms with Crippen LogP contribution >= 0.6 is 0 Å². The van der Waals surface area contributed by atoms with Crippen LogP contribution in [0.1, 0.15) is 71.1 Å². The first-order chi connectivity index (χ1) is 11.6. The van der Waals surface area contributed by atoms with E-state index in [9.17, 15) is 15.0 Å². The molecule has 4 nitrogen and oxygen atoms in total. The fraction of sp³-hybridized carbons (Fsp3) is 0.650. The lowest BCUT2D eigenvalue weighted by molar-refractivity contribution is -0.131. The Hall–Kier alpha value is -1.39. The molecule has 0 saturated carbocycles. The lowest BCUT2D eigenvalue weighted by atomic mass is 10.0. The Labute approximate surface area is 146 Å². The number of carbonyl (C=O) groups is 1. The molecule has 2 unspecified atom stereocenters. The molecule has 0 radical (unpaired) electrons. The molecule has 0 aliphatic carbocycles. The molecule has 4 heteroatoms. The second-order valence-corrected chi connectivity index (χ2v) is 6.14. The summed E-state index contributed by atoms with van der Waals surface area (Å²) in [6.45, 7) is 2.22. The number of aliphatic carboxylic acids is 1. The van der Waals surface area contributed by atoms with Gasteiger partial charge >= 0.3 is 5.97 Å². The zero-order valence-corrected chi connectivity index (χ0v) is 14.9. The van der Waals surface area contributed by atoms with Crippen LogP contribution in [0, 0.1) is 0 Å². The molecule has 0 amide bonds. The third kappa shape index (κ3) is 15.5. The summed E-state index contributed by atoms with van der Waals surface area (Å²) in [5.41, 5.74) is 0. The third-order valence-electron chi connectivity index (χ3n) is 3.88. The number of unbranched alkanes of at least 4 members (excludes halogenated alkanes) is 8. The van der Waals surface area contributed by atoms with E-state index in [0.29, 0.717) is 6.42 Å². The van der Waals surface area contributed by atoms with E-state index in [-0.39, 0.29) is 0 Å². The maximum atomic E-state index is 10.2. The van der Waals surface area contributed by atoms with Gasteiger partial charge in [0.05, 0.1) is 12.2 Å². The minimum absolute atomic E-state index is 0.601. The molecule has 0 aliphatic heterocycles. The first kappa shape index (κ1) is 22.6. The van der Waals surface area contributed by atoms with Crippen molar-refractivity contribution in [1.82, 2.24) is 0 Å². The lowest BCUT2D eigenvalue weighted by Crippen LogP contribution is -2.23. The molecular formula is C20H34O4. The largest absolute Gasteiger partial charge is 0.478 e. The van der Waals surface area contributed by atoms with E-state index in [1.165, 1.54) is 57.1 Å². The van der Waals surface area contributed by atoms with Gasteiger partial charge < -0.3 is 15.3 Å². The number of allylic oxidation sites excluding steroid dienone is 4. The van der Waals surface area contributed by atoms with Crippen molar-refractivity contribution in [2.24, 2.45) is 0 Å². The molecule has 24 heavy (non-hydrogen) atoms. The predicted molar refractivity (Wildman–Crippen MR) is 98.9 cm³/mol. The average Bonchev–Trinajstić information content (AvgIpc) is 2.55. The predicted octanol–water partition coefficient (Wildman–Crippen LogP) is 4.38. The van der Waals surface area contributed by atoms with E-state index < -0.39 is 18.2 Å². The first-order valence-electron chi connectivity index (χ1n) is 9.18. The van der Waals surface area contributed by atoms with Crippen LogP contribution in [0.15, 0.2) is 36.5 Å². The molecule has 0 spiro atoms. The van der Waals surface area contributed by atoms with E-state index >= 15 is 0 Å². The van der Waals surface area contributed by atoms with E-state index in [0.717, 1.165) is 18.9 Å². The number of carboxylic acid groups (broad SMARTS) is 1. The summed E-state index contributed by atoms with van der Waals surface area (Å²) in [5.74, 6) is -1.000. The summed E-state index contributed by atoms with van der Waals surface area (Å²) in [6, 6.07) is 0. The normalized spacial score (nSPS) is 14.8. The van der Waals surface area contributed by atoms with Crippen LogP contribution in [0.3, 0.4) is 0 Å². The van der Waals surface area contributed by atoms with Crippen LogP contribution in [0.4, 0.5) is 0 Å². The van der Waals surface area contributed by atoms with Gasteiger partial charge in [-0.1, -0.05) is 95.1 Å². The molecule has 0 saturated heterocycles. The van der Waals surface area contributed by atoms with Crippen molar-refractivity contribution in [1.29, 1.82) is 0 Å². The van der Waals surface area contributed by atoms with Crippen molar-refractivity contribution >= 4 is 5.97 Å². The van der Waals surface area contributed by atoms with Crippen LogP contribution in [0.5, 0.6) is 0 Å². The van der Waals surface area contributed by atoms with E-state index in [4.69, 9.17) is 5.11 Å². The Bertz CT molecular complexity index is 385. The quantitative estimate of drug-likeness (QED) is 0.235. The summed E-state index contributed by atoms with van der Waals surface area (Å²) in [6.07, 6.45) is 18.8. The monoisotopic (exact) mass is 338 g/mol. The molecule has 0 aromatic rings. The molecular weight excluding hydrogens is 304 g/mol. The van der Waals surface area contributed by atoms with Crippen LogP contribution in [0.2, 0.25) is 0 Å². The zero-order chi connectivity index (χ0) is 18.0. The van der Waals surface area contributed by atoms with E-state index in [1.54, 1.807) is 18.2 Å². The van der Waals surface area contributed by atoms with E-state index in [1.807, 2.05) is 0 Å². The van der Waals surface area contributed by atoms with Gasteiger partial charge in [-0.05, 0) is 6.42 Å². The SMILES string of the molecule is CCCCCCCCCCCC(O)C(O)/C=C/C=C/C=C/C(=O)O.